The van der Waals surface area contributed by atoms with E-state index >= 15 is 0 Å². The van der Waals surface area contributed by atoms with Crippen LogP contribution in [0, 0.1) is 17.9 Å². The number of hydrogen-bond donors (Lipinski definition) is 0. The molecule has 73 valence electrons. The van der Waals surface area contributed by atoms with E-state index in [1.165, 1.54) is 25.7 Å². The molecule has 0 heterocycles. The van der Waals surface area contributed by atoms with Gasteiger partial charge in [-0.1, -0.05) is 56.2 Å². The van der Waals surface area contributed by atoms with Gasteiger partial charge in [-0.15, -0.1) is 0 Å². The van der Waals surface area contributed by atoms with Gasteiger partial charge < -0.3 is 0 Å². The predicted molar refractivity (Wildman–Crippen MR) is 60.9 cm³/mol. The van der Waals surface area contributed by atoms with Crippen LogP contribution in [0.2, 0.25) is 0 Å². The maximum absolute atomic E-state index is 3.18. The molecular formula is C14H17. The lowest BCUT2D eigenvalue weighted by molar-refractivity contribution is 0.679. The zero-order chi connectivity index (χ0) is 10.1. The molecule has 0 aliphatic carbocycles. The first kappa shape index (κ1) is 10.9. The summed E-state index contributed by atoms with van der Waals surface area (Å²) in [7, 11) is 0. The fourth-order valence-corrected chi connectivity index (χ4v) is 1.27. The second-order valence-electron chi connectivity index (χ2n) is 3.39. The van der Waals surface area contributed by atoms with Crippen molar-refractivity contribution in [2.75, 3.05) is 0 Å². The average Bonchev–Trinajstić information content (AvgIpc) is 2.25. The molecule has 0 nitrogen and oxygen atoms in total. The van der Waals surface area contributed by atoms with Crippen molar-refractivity contribution in [3.8, 4) is 11.8 Å². The third kappa shape index (κ3) is 4.72. The Morgan fingerprint density at radius 3 is 2.86 bits per heavy atom. The third-order valence-corrected chi connectivity index (χ3v) is 2.09. The fraction of sp³-hybridized carbons (Fsp3) is 0.429. The van der Waals surface area contributed by atoms with E-state index in [-0.39, 0.29) is 0 Å². The molecule has 0 N–H and O–H groups in total. The van der Waals surface area contributed by atoms with Gasteiger partial charge in [-0.3, -0.25) is 0 Å². The number of rotatable bonds is 4. The highest BCUT2D eigenvalue weighted by atomic mass is 13.9. The first-order valence-electron chi connectivity index (χ1n) is 5.39. The van der Waals surface area contributed by atoms with Crippen LogP contribution >= 0.6 is 0 Å². The molecule has 1 aromatic rings. The van der Waals surface area contributed by atoms with E-state index in [4.69, 9.17) is 0 Å². The van der Waals surface area contributed by atoms with Crippen LogP contribution in [-0.2, 0) is 0 Å². The van der Waals surface area contributed by atoms with Crippen molar-refractivity contribution in [2.45, 2.75) is 39.0 Å². The van der Waals surface area contributed by atoms with Crippen LogP contribution in [0.25, 0.3) is 0 Å². The van der Waals surface area contributed by atoms with Crippen molar-refractivity contribution in [1.82, 2.24) is 0 Å². The molecule has 1 radical (unpaired) electrons. The summed E-state index contributed by atoms with van der Waals surface area (Å²) < 4.78 is 0. The van der Waals surface area contributed by atoms with Gasteiger partial charge in [0, 0.05) is 12.0 Å². The molecule has 0 atom stereocenters. The summed E-state index contributed by atoms with van der Waals surface area (Å²) in [5, 5.41) is 0. The molecule has 0 fully saturated rings. The van der Waals surface area contributed by atoms with Crippen molar-refractivity contribution in [3.05, 3.63) is 35.9 Å². The summed E-state index contributed by atoms with van der Waals surface area (Å²) in [6, 6.07) is 11.0. The Kier molecular flexibility index (Phi) is 5.59. The van der Waals surface area contributed by atoms with Gasteiger partial charge in [0.15, 0.2) is 0 Å². The van der Waals surface area contributed by atoms with Crippen LogP contribution in [-0.4, -0.2) is 0 Å². The van der Waals surface area contributed by atoms with Gasteiger partial charge in [0.1, 0.15) is 0 Å². The highest BCUT2D eigenvalue weighted by molar-refractivity contribution is 5.32. The molecule has 0 bridgehead atoms. The van der Waals surface area contributed by atoms with Crippen molar-refractivity contribution in [3.63, 3.8) is 0 Å². The van der Waals surface area contributed by atoms with Crippen LogP contribution in [0.3, 0.4) is 0 Å². The van der Waals surface area contributed by atoms with Gasteiger partial charge in [-0.2, -0.15) is 0 Å². The Bertz CT molecular complexity index is 287. The van der Waals surface area contributed by atoms with Crippen LogP contribution in [0.15, 0.2) is 24.3 Å². The van der Waals surface area contributed by atoms with Gasteiger partial charge in [-0.25, -0.2) is 0 Å². The van der Waals surface area contributed by atoms with Crippen molar-refractivity contribution < 1.29 is 0 Å². The van der Waals surface area contributed by atoms with Gasteiger partial charge in [0.25, 0.3) is 0 Å². The molecule has 0 saturated heterocycles. The SMILES string of the molecule is CCCCCCC#Cc1[c]cccc1. The second-order valence-corrected chi connectivity index (χ2v) is 3.39. The maximum Gasteiger partial charge on any atom is 0.0324 e. The summed E-state index contributed by atoms with van der Waals surface area (Å²) in [6.07, 6.45) is 6.18. The maximum atomic E-state index is 3.18. The smallest absolute Gasteiger partial charge is 0.0324 e. The largest absolute Gasteiger partial charge is 0.0979 e. The van der Waals surface area contributed by atoms with Crippen molar-refractivity contribution in [2.24, 2.45) is 0 Å². The third-order valence-electron chi connectivity index (χ3n) is 2.09. The van der Waals surface area contributed by atoms with E-state index in [2.05, 4.69) is 24.8 Å². The Balaban J connectivity index is 2.21. The first-order valence-corrected chi connectivity index (χ1v) is 5.39. The Labute approximate surface area is 87.4 Å². The van der Waals surface area contributed by atoms with Gasteiger partial charge in [0.05, 0.1) is 0 Å². The summed E-state index contributed by atoms with van der Waals surface area (Å²) in [6.45, 7) is 2.23. The standard InChI is InChI=1S/C14H17/c1-2-3-4-5-6-8-11-14-12-9-7-10-13-14/h7,9-10,12H,2-6H2,1H3. The monoisotopic (exact) mass is 185 g/mol. The minimum Gasteiger partial charge on any atom is -0.0979 e. The minimum absolute atomic E-state index is 1.00. The van der Waals surface area contributed by atoms with Gasteiger partial charge >= 0.3 is 0 Å². The van der Waals surface area contributed by atoms with Gasteiger partial charge in [0.2, 0.25) is 0 Å². The molecule has 1 rings (SSSR count). The quantitative estimate of drug-likeness (QED) is 0.494. The van der Waals surface area contributed by atoms with Crippen molar-refractivity contribution in [1.29, 1.82) is 0 Å². The first-order chi connectivity index (χ1) is 6.93. The van der Waals surface area contributed by atoms with Gasteiger partial charge in [-0.05, 0) is 18.6 Å². The normalized spacial score (nSPS) is 9.21. The van der Waals surface area contributed by atoms with Crippen LogP contribution in [0.1, 0.15) is 44.6 Å². The summed E-state index contributed by atoms with van der Waals surface area (Å²) in [4.78, 5) is 0. The molecule has 0 amide bonds. The van der Waals surface area contributed by atoms with E-state index in [1.54, 1.807) is 0 Å². The molecule has 14 heavy (non-hydrogen) atoms. The highest BCUT2D eigenvalue weighted by Crippen LogP contribution is 2.01. The summed E-state index contributed by atoms with van der Waals surface area (Å²) in [5.74, 6) is 6.30. The Hall–Kier alpha value is -1.22. The fourth-order valence-electron chi connectivity index (χ4n) is 1.27. The van der Waals surface area contributed by atoms with E-state index in [1.807, 2.05) is 24.3 Å². The van der Waals surface area contributed by atoms with Crippen LogP contribution in [0.4, 0.5) is 0 Å². The molecule has 0 aromatic heterocycles. The molecule has 0 aliphatic rings. The number of unbranched alkanes of at least 4 members (excludes halogenated alkanes) is 4. The van der Waals surface area contributed by atoms with E-state index in [9.17, 15) is 0 Å². The Morgan fingerprint density at radius 1 is 1.21 bits per heavy atom. The molecule has 0 saturated carbocycles. The molecular weight excluding hydrogens is 168 g/mol. The van der Waals surface area contributed by atoms with E-state index in [0.717, 1.165) is 12.0 Å². The molecule has 0 spiro atoms. The summed E-state index contributed by atoms with van der Waals surface area (Å²) >= 11 is 0. The van der Waals surface area contributed by atoms with Crippen LogP contribution < -0.4 is 0 Å². The van der Waals surface area contributed by atoms with Crippen LogP contribution in [0.5, 0.6) is 0 Å². The molecule has 1 aromatic carbocycles. The molecule has 0 unspecified atom stereocenters. The zero-order valence-electron chi connectivity index (χ0n) is 8.84. The lowest BCUT2D eigenvalue weighted by Gasteiger charge is -1.92. The zero-order valence-corrected chi connectivity index (χ0v) is 8.84. The highest BCUT2D eigenvalue weighted by Gasteiger charge is 1.85. The van der Waals surface area contributed by atoms with E-state index < -0.39 is 0 Å². The Morgan fingerprint density at radius 2 is 2.14 bits per heavy atom. The lowest BCUT2D eigenvalue weighted by atomic mass is 10.1. The lowest BCUT2D eigenvalue weighted by Crippen LogP contribution is -1.75. The molecule has 0 heteroatoms. The van der Waals surface area contributed by atoms with Crippen molar-refractivity contribution >= 4 is 0 Å². The number of benzene rings is 1. The molecule has 0 aliphatic heterocycles. The number of hydrogen-bond acceptors (Lipinski definition) is 0. The second kappa shape index (κ2) is 7.21. The van der Waals surface area contributed by atoms with E-state index in [0.29, 0.717) is 0 Å². The predicted octanol–water partition coefficient (Wildman–Crippen LogP) is 3.81. The topological polar surface area (TPSA) is 0 Å². The average molecular weight is 185 g/mol. The summed E-state index contributed by atoms with van der Waals surface area (Å²) in [5.41, 5.74) is 1.00. The minimum atomic E-state index is 1.00.